The number of hydrogen-bond acceptors (Lipinski definition) is 5. The number of halogens is 3. The van der Waals surface area contributed by atoms with E-state index < -0.39 is 24.3 Å². The number of esters is 1. The van der Waals surface area contributed by atoms with E-state index in [-0.39, 0.29) is 11.4 Å². The number of carbonyl (C=O) groups is 2. The number of methoxy groups -OCH3 is 1. The minimum absolute atomic E-state index is 0.259. The minimum atomic E-state index is -4.79. The molecule has 0 saturated heterocycles. The summed E-state index contributed by atoms with van der Waals surface area (Å²) in [5.41, 5.74) is 2.35. The van der Waals surface area contributed by atoms with Crippen LogP contribution in [-0.2, 0) is 4.74 Å². The monoisotopic (exact) mass is 461 g/mol. The number of carbonyl (C=O) groups excluding carboxylic acids is 2. The second-order valence-corrected chi connectivity index (χ2v) is 7.28. The van der Waals surface area contributed by atoms with Crippen molar-refractivity contribution < 1.29 is 32.2 Å². The number of alkyl halides is 3. The largest absolute Gasteiger partial charge is 0.573 e. The molecule has 0 bridgehead atoms. The van der Waals surface area contributed by atoms with Gasteiger partial charge >= 0.3 is 12.3 Å². The van der Waals surface area contributed by atoms with Crippen LogP contribution >= 0.6 is 0 Å². The second kappa shape index (κ2) is 9.35. The Kier molecular flexibility index (Phi) is 6.75. The Bertz CT molecular complexity index is 1150. The Labute approximate surface area is 188 Å². The van der Waals surface area contributed by atoms with Gasteiger partial charge in [0.15, 0.2) is 0 Å². The second-order valence-electron chi connectivity index (χ2n) is 7.28. The molecule has 0 aliphatic rings. The lowest BCUT2D eigenvalue weighted by atomic mass is 10.1. The molecular formula is C23H22F3N3O4. The van der Waals surface area contributed by atoms with Gasteiger partial charge in [-0.25, -0.2) is 9.78 Å². The zero-order valence-corrected chi connectivity index (χ0v) is 18.4. The molecule has 10 heteroatoms. The van der Waals surface area contributed by atoms with E-state index in [0.717, 1.165) is 5.56 Å². The summed E-state index contributed by atoms with van der Waals surface area (Å²) >= 11 is 0. The zero-order chi connectivity index (χ0) is 24.3. The number of ether oxygens (including phenoxy) is 2. The van der Waals surface area contributed by atoms with E-state index in [0.29, 0.717) is 22.8 Å². The predicted molar refractivity (Wildman–Crippen MR) is 113 cm³/mol. The van der Waals surface area contributed by atoms with Crippen LogP contribution in [0.4, 0.5) is 13.2 Å². The molecule has 1 unspecified atom stereocenters. The summed E-state index contributed by atoms with van der Waals surface area (Å²) in [6.45, 7) is 5.16. The Morgan fingerprint density at radius 3 is 2.18 bits per heavy atom. The molecule has 1 atom stereocenters. The third-order valence-corrected chi connectivity index (χ3v) is 4.94. The number of benzene rings is 2. The van der Waals surface area contributed by atoms with Crippen molar-refractivity contribution >= 4 is 11.9 Å². The number of aryl methyl sites for hydroxylation is 2. The molecule has 3 rings (SSSR count). The molecular weight excluding hydrogens is 439 g/mol. The van der Waals surface area contributed by atoms with Crippen molar-refractivity contribution in [1.82, 2.24) is 14.9 Å². The van der Waals surface area contributed by atoms with Crippen LogP contribution in [0.15, 0.2) is 48.5 Å². The molecule has 1 aromatic heterocycles. The molecule has 1 N–H and O–H groups in total. The maximum atomic E-state index is 13.1. The fraction of sp³-hybridized carbons (Fsp3) is 0.261. The van der Waals surface area contributed by atoms with E-state index in [2.05, 4.69) is 19.8 Å². The first-order valence-electron chi connectivity index (χ1n) is 9.91. The van der Waals surface area contributed by atoms with Crippen molar-refractivity contribution in [1.29, 1.82) is 0 Å². The van der Waals surface area contributed by atoms with Gasteiger partial charge in [-0.2, -0.15) is 0 Å². The number of aromatic nitrogens is 2. The summed E-state index contributed by atoms with van der Waals surface area (Å²) in [6, 6.07) is 11.4. The lowest BCUT2D eigenvalue weighted by Gasteiger charge is -2.17. The van der Waals surface area contributed by atoms with Crippen molar-refractivity contribution in [2.24, 2.45) is 0 Å². The molecule has 33 heavy (non-hydrogen) atoms. The molecule has 1 heterocycles. The highest BCUT2D eigenvalue weighted by Gasteiger charge is 2.31. The number of nitrogens with one attached hydrogen (secondary N) is 1. The zero-order valence-electron chi connectivity index (χ0n) is 18.4. The molecule has 1 amide bonds. The van der Waals surface area contributed by atoms with Gasteiger partial charge in [-0.05, 0) is 62.7 Å². The van der Waals surface area contributed by atoms with E-state index in [4.69, 9.17) is 0 Å². The highest BCUT2D eigenvalue weighted by molar-refractivity contribution is 5.95. The van der Waals surface area contributed by atoms with Crippen molar-refractivity contribution in [3.8, 4) is 11.4 Å². The van der Waals surface area contributed by atoms with Crippen LogP contribution in [0, 0.1) is 13.8 Å². The fourth-order valence-electron chi connectivity index (χ4n) is 3.42. The van der Waals surface area contributed by atoms with Crippen molar-refractivity contribution in [2.75, 3.05) is 7.11 Å². The lowest BCUT2D eigenvalue weighted by Crippen LogP contribution is -2.29. The average Bonchev–Trinajstić information content (AvgIpc) is 3.06. The maximum Gasteiger partial charge on any atom is 0.573 e. The van der Waals surface area contributed by atoms with E-state index in [1.54, 1.807) is 49.6 Å². The summed E-state index contributed by atoms with van der Waals surface area (Å²) in [4.78, 5) is 29.1. The van der Waals surface area contributed by atoms with Gasteiger partial charge < -0.3 is 14.8 Å². The van der Waals surface area contributed by atoms with Crippen LogP contribution < -0.4 is 10.1 Å². The molecule has 7 nitrogen and oxygen atoms in total. The quantitative estimate of drug-likeness (QED) is 0.540. The topological polar surface area (TPSA) is 82.5 Å². The van der Waals surface area contributed by atoms with Crippen LogP contribution in [-0.4, -0.2) is 34.9 Å². The van der Waals surface area contributed by atoms with Crippen molar-refractivity contribution in [2.45, 2.75) is 33.2 Å². The standard InChI is InChI=1S/C23H22F3N3O4/c1-13(16-5-7-17(8-6-16)22(31)32-4)28-21(30)20-14(2)27-15(3)29(20)18-9-11-19(12-10-18)33-23(24,25)26/h5-13H,1-4H3,(H,28,30). The van der Waals surface area contributed by atoms with E-state index in [1.165, 1.54) is 31.4 Å². The summed E-state index contributed by atoms with van der Waals surface area (Å²) in [7, 11) is 1.30. The molecule has 2 aromatic carbocycles. The maximum absolute atomic E-state index is 13.1. The minimum Gasteiger partial charge on any atom is -0.465 e. The molecule has 0 aliphatic carbocycles. The van der Waals surface area contributed by atoms with Gasteiger partial charge in [-0.15, -0.1) is 13.2 Å². The van der Waals surface area contributed by atoms with Gasteiger partial charge in [-0.1, -0.05) is 12.1 Å². The molecule has 0 aliphatic heterocycles. The number of rotatable bonds is 6. The molecule has 0 spiro atoms. The molecule has 174 valence electrons. The molecule has 0 fully saturated rings. The summed E-state index contributed by atoms with van der Waals surface area (Å²) in [5.74, 6) is -0.735. The normalized spacial score (nSPS) is 12.2. The Morgan fingerprint density at radius 2 is 1.64 bits per heavy atom. The van der Waals surface area contributed by atoms with Crippen molar-refractivity contribution in [3.05, 3.63) is 76.9 Å². The Morgan fingerprint density at radius 1 is 1.03 bits per heavy atom. The van der Waals surface area contributed by atoms with E-state index >= 15 is 0 Å². The third kappa shape index (κ3) is 5.51. The molecule has 0 saturated carbocycles. The van der Waals surface area contributed by atoms with Crippen LogP contribution in [0.25, 0.3) is 5.69 Å². The van der Waals surface area contributed by atoms with Crippen LogP contribution in [0.5, 0.6) is 5.75 Å². The van der Waals surface area contributed by atoms with Gasteiger partial charge in [0.05, 0.1) is 24.4 Å². The number of nitrogens with zero attached hydrogens (tertiary/aromatic N) is 2. The lowest BCUT2D eigenvalue weighted by molar-refractivity contribution is -0.274. The van der Waals surface area contributed by atoms with Crippen LogP contribution in [0.3, 0.4) is 0 Å². The van der Waals surface area contributed by atoms with Gasteiger partial charge in [0.25, 0.3) is 5.91 Å². The van der Waals surface area contributed by atoms with E-state index in [9.17, 15) is 22.8 Å². The summed E-state index contributed by atoms with van der Waals surface area (Å²) in [5, 5.41) is 2.89. The fourth-order valence-corrected chi connectivity index (χ4v) is 3.42. The number of amides is 1. The predicted octanol–water partition coefficient (Wildman–Crippen LogP) is 4.67. The van der Waals surface area contributed by atoms with Gasteiger partial charge in [0.2, 0.25) is 0 Å². The molecule has 0 radical (unpaired) electrons. The number of imidazole rings is 1. The van der Waals surface area contributed by atoms with Crippen LogP contribution in [0.1, 0.15) is 50.9 Å². The number of hydrogen-bond donors (Lipinski definition) is 1. The van der Waals surface area contributed by atoms with E-state index in [1.807, 2.05) is 0 Å². The first-order valence-corrected chi connectivity index (χ1v) is 9.91. The first kappa shape index (κ1) is 23.8. The van der Waals surface area contributed by atoms with Gasteiger partial charge in [0.1, 0.15) is 17.3 Å². The third-order valence-electron chi connectivity index (χ3n) is 4.94. The SMILES string of the molecule is COC(=O)c1ccc(C(C)NC(=O)c2c(C)nc(C)n2-c2ccc(OC(F)(F)F)cc2)cc1. The average molecular weight is 461 g/mol. The summed E-state index contributed by atoms with van der Waals surface area (Å²) < 4.78 is 47.4. The first-order chi connectivity index (χ1) is 15.5. The highest BCUT2D eigenvalue weighted by Crippen LogP contribution is 2.26. The smallest absolute Gasteiger partial charge is 0.465 e. The highest BCUT2D eigenvalue weighted by atomic mass is 19.4. The Hall–Kier alpha value is -3.82. The van der Waals surface area contributed by atoms with Gasteiger partial charge in [-0.3, -0.25) is 9.36 Å². The van der Waals surface area contributed by atoms with Gasteiger partial charge in [0, 0.05) is 5.69 Å². The Balaban J connectivity index is 1.83. The van der Waals surface area contributed by atoms with Crippen LogP contribution in [0.2, 0.25) is 0 Å². The molecule has 3 aromatic rings. The summed E-state index contributed by atoms with van der Waals surface area (Å²) in [6.07, 6.45) is -4.79. The van der Waals surface area contributed by atoms with Crippen molar-refractivity contribution in [3.63, 3.8) is 0 Å².